The number of benzene rings is 2. The topological polar surface area (TPSA) is 52.3 Å². The van der Waals surface area contributed by atoms with Crippen molar-refractivity contribution >= 4 is 38.1 Å². The van der Waals surface area contributed by atoms with Gasteiger partial charge in [-0.05, 0) is 42.0 Å². The van der Waals surface area contributed by atoms with Gasteiger partial charge < -0.3 is 4.74 Å². The molecule has 0 atom stereocenters. The van der Waals surface area contributed by atoms with Gasteiger partial charge in [0.2, 0.25) is 0 Å². The second-order valence-corrected chi connectivity index (χ2v) is 6.45. The number of halogens is 2. The Kier molecular flexibility index (Phi) is 5.19. The summed E-state index contributed by atoms with van der Waals surface area (Å²) < 4.78 is 9.39. The van der Waals surface area contributed by atoms with Crippen LogP contribution in [0.25, 0.3) is 0 Å². The summed E-state index contributed by atoms with van der Waals surface area (Å²) in [6.07, 6.45) is 4.80. The van der Waals surface area contributed by atoms with Gasteiger partial charge in [-0.15, -0.1) is 10.2 Å². The molecule has 1 heterocycles. The molecule has 2 aromatic carbocycles. The van der Waals surface area contributed by atoms with Crippen LogP contribution in [0.5, 0.6) is 5.75 Å². The van der Waals surface area contributed by atoms with E-state index in [9.17, 15) is 0 Å². The number of hydrogen-bond donors (Lipinski definition) is 0. The van der Waals surface area contributed by atoms with Crippen molar-refractivity contribution < 1.29 is 4.74 Å². The molecule has 0 spiro atoms. The van der Waals surface area contributed by atoms with E-state index in [1.54, 1.807) is 6.21 Å². The summed E-state index contributed by atoms with van der Waals surface area (Å²) in [4.78, 5) is 0. The van der Waals surface area contributed by atoms with Gasteiger partial charge >= 0.3 is 0 Å². The van der Waals surface area contributed by atoms with Crippen molar-refractivity contribution in [2.75, 3.05) is 0 Å². The van der Waals surface area contributed by atoms with Gasteiger partial charge in [-0.3, -0.25) is 0 Å². The molecular formula is C16H12Br2N4O. The van der Waals surface area contributed by atoms with Crippen LogP contribution in [0.3, 0.4) is 0 Å². The van der Waals surface area contributed by atoms with Crippen molar-refractivity contribution in [1.29, 1.82) is 0 Å². The molecule has 3 aromatic rings. The molecule has 0 aliphatic heterocycles. The van der Waals surface area contributed by atoms with Crippen molar-refractivity contribution in [2.24, 2.45) is 5.10 Å². The summed E-state index contributed by atoms with van der Waals surface area (Å²) in [6.45, 7) is 0.502. The molecule has 0 unspecified atom stereocenters. The molecule has 0 radical (unpaired) electrons. The third kappa shape index (κ3) is 4.49. The van der Waals surface area contributed by atoms with Gasteiger partial charge in [0.05, 0.1) is 6.21 Å². The predicted octanol–water partition coefficient (Wildman–Crippen LogP) is 4.26. The van der Waals surface area contributed by atoms with Crippen LogP contribution in [0.2, 0.25) is 0 Å². The van der Waals surface area contributed by atoms with E-state index < -0.39 is 0 Å². The average molecular weight is 436 g/mol. The number of hydrogen-bond acceptors (Lipinski definition) is 4. The zero-order chi connectivity index (χ0) is 16.1. The Morgan fingerprint density at radius 3 is 2.48 bits per heavy atom. The van der Waals surface area contributed by atoms with Gasteiger partial charge in [0, 0.05) is 14.5 Å². The highest BCUT2D eigenvalue weighted by atomic mass is 79.9. The summed E-state index contributed by atoms with van der Waals surface area (Å²) in [5.41, 5.74) is 2.06. The second kappa shape index (κ2) is 7.52. The molecule has 0 amide bonds. The van der Waals surface area contributed by atoms with Gasteiger partial charge in [0.15, 0.2) is 0 Å². The second-order valence-electron chi connectivity index (χ2n) is 4.68. The third-order valence-electron chi connectivity index (χ3n) is 3.04. The fourth-order valence-electron chi connectivity index (χ4n) is 1.84. The summed E-state index contributed by atoms with van der Waals surface area (Å²) in [5, 5.41) is 11.6. The van der Waals surface area contributed by atoms with Crippen LogP contribution < -0.4 is 4.74 Å². The van der Waals surface area contributed by atoms with Crippen molar-refractivity contribution in [3.05, 3.63) is 75.2 Å². The molecule has 0 aliphatic carbocycles. The molecule has 3 rings (SSSR count). The maximum atomic E-state index is 5.80. The molecule has 5 nitrogen and oxygen atoms in total. The van der Waals surface area contributed by atoms with Crippen LogP contribution >= 0.6 is 31.9 Å². The van der Waals surface area contributed by atoms with Crippen LogP contribution in [0.4, 0.5) is 0 Å². The number of ether oxygens (including phenoxy) is 1. The summed E-state index contributed by atoms with van der Waals surface area (Å²) in [7, 11) is 0. The number of nitrogens with zero attached hydrogens (tertiary/aromatic N) is 4. The highest BCUT2D eigenvalue weighted by molar-refractivity contribution is 9.11. The van der Waals surface area contributed by atoms with E-state index in [2.05, 4.69) is 47.2 Å². The highest BCUT2D eigenvalue weighted by Gasteiger charge is 2.02. The Morgan fingerprint density at radius 1 is 1.04 bits per heavy atom. The van der Waals surface area contributed by atoms with Crippen molar-refractivity contribution in [3.63, 3.8) is 0 Å². The first kappa shape index (κ1) is 15.9. The largest absolute Gasteiger partial charge is 0.489 e. The molecule has 116 valence electrons. The van der Waals surface area contributed by atoms with Crippen molar-refractivity contribution in [3.8, 4) is 5.75 Å². The Hall–Kier alpha value is -1.99. The van der Waals surface area contributed by atoms with Crippen LogP contribution in [-0.2, 0) is 6.61 Å². The molecule has 0 saturated carbocycles. The molecule has 0 fully saturated rings. The Balaban J connectivity index is 1.61. The Morgan fingerprint density at radius 2 is 1.78 bits per heavy atom. The molecule has 7 heteroatoms. The van der Waals surface area contributed by atoms with Crippen LogP contribution in [0.15, 0.2) is 69.2 Å². The lowest BCUT2D eigenvalue weighted by atomic mass is 10.2. The van der Waals surface area contributed by atoms with Crippen LogP contribution in [0.1, 0.15) is 11.1 Å². The first-order chi connectivity index (χ1) is 11.2. The maximum absolute atomic E-state index is 5.80. The fourth-order valence-corrected chi connectivity index (χ4v) is 3.00. The fraction of sp³-hybridized carbons (Fsp3) is 0.0625. The third-order valence-corrected chi connectivity index (χ3v) is 4.27. The minimum absolute atomic E-state index is 0.502. The Bertz CT molecular complexity index is 801. The maximum Gasteiger partial charge on any atom is 0.141 e. The smallest absolute Gasteiger partial charge is 0.141 e. The average Bonchev–Trinajstić information content (AvgIpc) is 3.07. The van der Waals surface area contributed by atoms with E-state index in [1.807, 2.05) is 42.5 Å². The highest BCUT2D eigenvalue weighted by Crippen LogP contribution is 2.23. The molecule has 0 N–H and O–H groups in total. The SMILES string of the molecule is Brc1ccc(COc2ccc(/C=N\n3cnnc3)cc2)c(Br)c1. The predicted molar refractivity (Wildman–Crippen MR) is 95.6 cm³/mol. The van der Waals surface area contributed by atoms with Gasteiger partial charge in [0.1, 0.15) is 25.0 Å². The summed E-state index contributed by atoms with van der Waals surface area (Å²) in [6, 6.07) is 13.7. The number of rotatable bonds is 5. The minimum Gasteiger partial charge on any atom is -0.489 e. The van der Waals surface area contributed by atoms with E-state index in [4.69, 9.17) is 4.74 Å². The van der Waals surface area contributed by atoms with Gasteiger partial charge in [-0.25, -0.2) is 4.68 Å². The van der Waals surface area contributed by atoms with Crippen LogP contribution in [-0.4, -0.2) is 21.1 Å². The van der Waals surface area contributed by atoms with E-state index in [0.29, 0.717) is 6.61 Å². The summed E-state index contributed by atoms with van der Waals surface area (Å²) in [5.74, 6) is 0.807. The van der Waals surface area contributed by atoms with E-state index in [1.165, 1.54) is 17.3 Å². The van der Waals surface area contributed by atoms with E-state index in [0.717, 1.165) is 25.8 Å². The Labute approximate surface area is 150 Å². The lowest BCUT2D eigenvalue weighted by Crippen LogP contribution is -1.96. The quantitative estimate of drug-likeness (QED) is 0.562. The zero-order valence-corrected chi connectivity index (χ0v) is 15.1. The van der Waals surface area contributed by atoms with Gasteiger partial charge in [-0.1, -0.05) is 37.9 Å². The molecule has 23 heavy (non-hydrogen) atoms. The van der Waals surface area contributed by atoms with E-state index in [-0.39, 0.29) is 0 Å². The normalized spacial score (nSPS) is 11.0. The van der Waals surface area contributed by atoms with Gasteiger partial charge in [0.25, 0.3) is 0 Å². The molecule has 0 saturated heterocycles. The monoisotopic (exact) mass is 434 g/mol. The molecule has 0 aliphatic rings. The van der Waals surface area contributed by atoms with Gasteiger partial charge in [-0.2, -0.15) is 5.10 Å². The summed E-state index contributed by atoms with van der Waals surface area (Å²) >= 11 is 6.97. The molecular weight excluding hydrogens is 424 g/mol. The van der Waals surface area contributed by atoms with E-state index >= 15 is 0 Å². The first-order valence-corrected chi connectivity index (χ1v) is 8.35. The van der Waals surface area contributed by atoms with Crippen LogP contribution in [0, 0.1) is 0 Å². The zero-order valence-electron chi connectivity index (χ0n) is 11.9. The minimum atomic E-state index is 0.502. The first-order valence-electron chi connectivity index (χ1n) is 6.76. The molecule has 1 aromatic heterocycles. The number of aromatic nitrogens is 3. The lowest BCUT2D eigenvalue weighted by molar-refractivity contribution is 0.305. The molecule has 0 bridgehead atoms. The van der Waals surface area contributed by atoms with Crippen molar-refractivity contribution in [1.82, 2.24) is 14.9 Å². The van der Waals surface area contributed by atoms with Crippen molar-refractivity contribution in [2.45, 2.75) is 6.61 Å². The standard InChI is InChI=1S/C16H12Br2N4O/c17-14-4-3-13(16(18)7-14)9-23-15-5-1-12(2-6-15)8-21-22-10-19-20-11-22/h1-8,10-11H,9H2/b21-8-. The lowest BCUT2D eigenvalue weighted by Gasteiger charge is -2.08.